The first-order valence-corrected chi connectivity index (χ1v) is 7.29. The van der Waals surface area contributed by atoms with Crippen LogP contribution in [0.3, 0.4) is 0 Å². The standard InChI is InChI=1S/C16H19N3O/c1-20-12-5-2-10(3-6-12)15-9-17-16(19-15)13-8-11-4-7-14(13)18-11/h2-3,5-6,9,11,13-14,18H,4,7-8H2,1H3,(H,17,19). The summed E-state index contributed by atoms with van der Waals surface area (Å²) in [6, 6.07) is 9.42. The molecule has 104 valence electrons. The lowest BCUT2D eigenvalue weighted by molar-refractivity contribution is 0.415. The van der Waals surface area contributed by atoms with Gasteiger partial charge in [-0.1, -0.05) is 0 Å². The third-order valence-electron chi connectivity index (χ3n) is 4.65. The largest absolute Gasteiger partial charge is 0.497 e. The number of nitrogens with one attached hydrogen (secondary N) is 2. The Morgan fingerprint density at radius 3 is 2.70 bits per heavy atom. The second kappa shape index (κ2) is 4.63. The number of fused-ring (bicyclic) bond motifs is 2. The van der Waals surface area contributed by atoms with Gasteiger partial charge >= 0.3 is 0 Å². The maximum absolute atomic E-state index is 5.19. The Morgan fingerprint density at radius 2 is 2.05 bits per heavy atom. The molecule has 0 saturated carbocycles. The van der Waals surface area contributed by atoms with Crippen LogP contribution in [-0.4, -0.2) is 29.2 Å². The lowest BCUT2D eigenvalue weighted by Gasteiger charge is -2.17. The van der Waals surface area contributed by atoms with E-state index in [4.69, 9.17) is 4.74 Å². The number of aromatic amines is 1. The normalized spacial score (nSPS) is 27.9. The number of benzene rings is 1. The molecule has 2 bridgehead atoms. The van der Waals surface area contributed by atoms with Gasteiger partial charge in [-0.05, 0) is 49.1 Å². The molecule has 2 fully saturated rings. The van der Waals surface area contributed by atoms with E-state index in [1.807, 2.05) is 18.3 Å². The topological polar surface area (TPSA) is 49.9 Å². The summed E-state index contributed by atoms with van der Waals surface area (Å²) in [4.78, 5) is 8.11. The Morgan fingerprint density at radius 1 is 1.20 bits per heavy atom. The first kappa shape index (κ1) is 12.0. The van der Waals surface area contributed by atoms with Crippen molar-refractivity contribution in [3.63, 3.8) is 0 Å². The number of hydrogen-bond donors (Lipinski definition) is 2. The van der Waals surface area contributed by atoms with E-state index in [9.17, 15) is 0 Å². The third kappa shape index (κ3) is 1.91. The zero-order chi connectivity index (χ0) is 13.5. The lowest BCUT2D eigenvalue weighted by Crippen LogP contribution is -2.22. The van der Waals surface area contributed by atoms with Gasteiger partial charge < -0.3 is 15.0 Å². The highest BCUT2D eigenvalue weighted by Crippen LogP contribution is 2.39. The molecule has 1 aromatic heterocycles. The minimum atomic E-state index is 0.556. The summed E-state index contributed by atoms with van der Waals surface area (Å²) in [5, 5.41) is 3.66. The molecule has 2 N–H and O–H groups in total. The van der Waals surface area contributed by atoms with Crippen molar-refractivity contribution in [2.24, 2.45) is 0 Å². The number of imidazole rings is 1. The van der Waals surface area contributed by atoms with Crippen LogP contribution in [0.15, 0.2) is 30.5 Å². The minimum Gasteiger partial charge on any atom is -0.497 e. The molecule has 0 spiro atoms. The van der Waals surface area contributed by atoms with Crippen LogP contribution in [0.1, 0.15) is 31.0 Å². The zero-order valence-corrected chi connectivity index (χ0v) is 11.6. The van der Waals surface area contributed by atoms with Crippen LogP contribution in [0.2, 0.25) is 0 Å². The molecular formula is C16H19N3O. The molecule has 3 atom stereocenters. The van der Waals surface area contributed by atoms with Gasteiger partial charge in [0.15, 0.2) is 0 Å². The molecule has 2 saturated heterocycles. The average molecular weight is 269 g/mol. The van der Waals surface area contributed by atoms with Gasteiger partial charge in [0.05, 0.1) is 19.0 Å². The highest BCUT2D eigenvalue weighted by molar-refractivity contribution is 5.59. The van der Waals surface area contributed by atoms with Crippen molar-refractivity contribution in [2.45, 2.75) is 37.3 Å². The van der Waals surface area contributed by atoms with E-state index in [2.05, 4.69) is 27.4 Å². The summed E-state index contributed by atoms with van der Waals surface area (Å²) in [5.41, 5.74) is 2.24. The van der Waals surface area contributed by atoms with E-state index in [-0.39, 0.29) is 0 Å². The van der Waals surface area contributed by atoms with E-state index in [1.54, 1.807) is 7.11 Å². The summed E-state index contributed by atoms with van der Waals surface area (Å²) in [7, 11) is 1.69. The van der Waals surface area contributed by atoms with Gasteiger partial charge in [-0.3, -0.25) is 0 Å². The molecule has 4 heteroatoms. The molecule has 3 heterocycles. The molecule has 0 aliphatic carbocycles. The Hall–Kier alpha value is -1.81. The molecule has 4 nitrogen and oxygen atoms in total. The van der Waals surface area contributed by atoms with Gasteiger partial charge in [0, 0.05) is 18.0 Å². The van der Waals surface area contributed by atoms with Gasteiger partial charge in [-0.15, -0.1) is 0 Å². The van der Waals surface area contributed by atoms with Crippen molar-refractivity contribution < 1.29 is 4.74 Å². The van der Waals surface area contributed by atoms with Crippen LogP contribution in [0, 0.1) is 0 Å². The van der Waals surface area contributed by atoms with Crippen molar-refractivity contribution in [2.75, 3.05) is 7.11 Å². The Balaban J connectivity index is 1.58. The van der Waals surface area contributed by atoms with Gasteiger partial charge in [-0.2, -0.15) is 0 Å². The van der Waals surface area contributed by atoms with Gasteiger partial charge in [0.25, 0.3) is 0 Å². The monoisotopic (exact) mass is 269 g/mol. The fraction of sp³-hybridized carbons (Fsp3) is 0.438. The molecule has 2 aliphatic heterocycles. The van der Waals surface area contributed by atoms with Gasteiger partial charge in [0.2, 0.25) is 0 Å². The Labute approximate surface area is 118 Å². The number of ether oxygens (including phenoxy) is 1. The lowest BCUT2D eigenvalue weighted by atomic mass is 9.89. The molecule has 0 radical (unpaired) electrons. The summed E-state index contributed by atoms with van der Waals surface area (Å²) in [6.45, 7) is 0. The van der Waals surface area contributed by atoms with Crippen LogP contribution in [0.4, 0.5) is 0 Å². The average Bonchev–Trinajstić information content (AvgIpc) is 3.23. The van der Waals surface area contributed by atoms with E-state index < -0.39 is 0 Å². The molecule has 20 heavy (non-hydrogen) atoms. The first-order chi connectivity index (χ1) is 9.83. The van der Waals surface area contributed by atoms with E-state index in [1.165, 1.54) is 19.3 Å². The Bertz CT molecular complexity index is 604. The quantitative estimate of drug-likeness (QED) is 0.900. The molecule has 2 aliphatic rings. The second-order valence-corrected chi connectivity index (χ2v) is 5.80. The number of hydrogen-bond acceptors (Lipinski definition) is 3. The molecule has 2 aromatic rings. The van der Waals surface area contributed by atoms with E-state index >= 15 is 0 Å². The van der Waals surface area contributed by atoms with Crippen molar-refractivity contribution in [1.82, 2.24) is 15.3 Å². The van der Waals surface area contributed by atoms with Crippen LogP contribution in [0.5, 0.6) is 5.75 Å². The summed E-state index contributed by atoms with van der Waals surface area (Å²) in [6.07, 6.45) is 5.78. The van der Waals surface area contributed by atoms with Gasteiger partial charge in [0.1, 0.15) is 11.6 Å². The van der Waals surface area contributed by atoms with E-state index in [0.717, 1.165) is 22.8 Å². The summed E-state index contributed by atoms with van der Waals surface area (Å²) in [5.74, 6) is 2.57. The van der Waals surface area contributed by atoms with Crippen LogP contribution >= 0.6 is 0 Å². The zero-order valence-electron chi connectivity index (χ0n) is 11.6. The predicted octanol–water partition coefficient (Wildman–Crippen LogP) is 2.69. The Kier molecular flexibility index (Phi) is 2.77. The number of methoxy groups -OCH3 is 1. The number of rotatable bonds is 3. The number of H-pyrrole nitrogens is 1. The first-order valence-electron chi connectivity index (χ1n) is 7.29. The fourth-order valence-corrected chi connectivity index (χ4v) is 3.57. The highest BCUT2D eigenvalue weighted by Gasteiger charge is 2.41. The van der Waals surface area contributed by atoms with Crippen molar-refractivity contribution in [3.8, 4) is 17.0 Å². The predicted molar refractivity (Wildman–Crippen MR) is 77.9 cm³/mol. The molecule has 0 amide bonds. The number of nitrogens with zero attached hydrogens (tertiary/aromatic N) is 1. The van der Waals surface area contributed by atoms with Crippen LogP contribution < -0.4 is 10.1 Å². The fourth-order valence-electron chi connectivity index (χ4n) is 3.57. The van der Waals surface area contributed by atoms with Crippen LogP contribution in [-0.2, 0) is 0 Å². The SMILES string of the molecule is COc1ccc(-c2cnc(C3CC4CCC3N4)[nH]2)cc1. The molecule has 3 unspecified atom stereocenters. The smallest absolute Gasteiger partial charge is 0.118 e. The summed E-state index contributed by atoms with van der Waals surface area (Å²) < 4.78 is 5.19. The minimum absolute atomic E-state index is 0.556. The van der Waals surface area contributed by atoms with Crippen LogP contribution in [0.25, 0.3) is 11.3 Å². The van der Waals surface area contributed by atoms with Crippen molar-refractivity contribution >= 4 is 0 Å². The maximum atomic E-state index is 5.19. The maximum Gasteiger partial charge on any atom is 0.118 e. The second-order valence-electron chi connectivity index (χ2n) is 5.80. The van der Waals surface area contributed by atoms with Crippen molar-refractivity contribution in [3.05, 3.63) is 36.3 Å². The molecule has 1 aromatic carbocycles. The molecule has 4 rings (SSSR count). The van der Waals surface area contributed by atoms with Crippen molar-refractivity contribution in [1.29, 1.82) is 0 Å². The third-order valence-corrected chi connectivity index (χ3v) is 4.65. The summed E-state index contributed by atoms with van der Waals surface area (Å²) >= 11 is 0. The number of aromatic nitrogens is 2. The molecular weight excluding hydrogens is 250 g/mol. The van der Waals surface area contributed by atoms with E-state index in [0.29, 0.717) is 18.0 Å². The highest BCUT2D eigenvalue weighted by atomic mass is 16.5. The van der Waals surface area contributed by atoms with Gasteiger partial charge in [-0.25, -0.2) is 4.98 Å².